The van der Waals surface area contributed by atoms with Crippen LogP contribution < -0.4 is 97.8 Å². The molecular formula is C83H122N20O15. The molecule has 0 fully saturated rings. The largest absolute Gasteiger partial charge is 0.394 e. The highest BCUT2D eigenvalue weighted by atomic mass is 16.3. The van der Waals surface area contributed by atoms with Crippen molar-refractivity contribution < 1.29 is 72.2 Å². The van der Waals surface area contributed by atoms with Gasteiger partial charge in [0.15, 0.2) is 5.96 Å². The first-order valence-corrected chi connectivity index (χ1v) is 40.1. The van der Waals surface area contributed by atoms with E-state index in [1.54, 1.807) is 157 Å². The summed E-state index contributed by atoms with van der Waals surface area (Å²) in [6.07, 6.45) is 1.68. The Morgan fingerprint density at radius 3 is 1.36 bits per heavy atom. The van der Waals surface area contributed by atoms with Crippen LogP contribution in [-0.2, 0) is 92.8 Å². The second-order valence-corrected chi connectivity index (χ2v) is 30.8. The average molecular weight is 1640 g/mol. The summed E-state index contributed by atoms with van der Waals surface area (Å²) in [5, 5.41) is 53.7. The third-order valence-corrected chi connectivity index (χ3v) is 19.7. The maximum Gasteiger partial charge on any atom is 0.245 e. The molecule has 14 amide bonds. The molecule has 0 saturated heterocycles. The minimum Gasteiger partial charge on any atom is -0.394 e. The molecule has 1 heterocycles. The van der Waals surface area contributed by atoms with Crippen molar-refractivity contribution >= 4 is 99.6 Å². The van der Waals surface area contributed by atoms with Crippen molar-refractivity contribution in [2.24, 2.45) is 52.3 Å². The Morgan fingerprint density at radius 2 is 0.856 bits per heavy atom. The van der Waals surface area contributed by atoms with Crippen LogP contribution >= 0.6 is 0 Å². The fourth-order valence-electron chi connectivity index (χ4n) is 13.0. The van der Waals surface area contributed by atoms with Crippen LogP contribution in [0.3, 0.4) is 0 Å². The van der Waals surface area contributed by atoms with Crippen LogP contribution in [0.4, 0.5) is 0 Å². The first kappa shape index (κ1) is 96.7. The lowest BCUT2D eigenvalue weighted by molar-refractivity contribution is -0.136. The molecule has 0 aliphatic heterocycles. The van der Waals surface area contributed by atoms with Crippen molar-refractivity contribution in [2.75, 3.05) is 26.2 Å². The van der Waals surface area contributed by atoms with Crippen LogP contribution in [0.2, 0.25) is 0 Å². The number of H-pyrrole nitrogens is 1. The number of aromatic nitrogens is 1. The summed E-state index contributed by atoms with van der Waals surface area (Å²) in [6, 6.07) is 16.4. The number of nitrogens with two attached hydrogens (primary N) is 5. The van der Waals surface area contributed by atoms with E-state index in [1.165, 1.54) is 0 Å². The summed E-state index contributed by atoms with van der Waals surface area (Å²) in [7, 11) is 0. The molecule has 0 saturated carbocycles. The quantitative estimate of drug-likeness (QED) is 0.0128. The minimum absolute atomic E-state index is 0.00774. The lowest BCUT2D eigenvalue weighted by Gasteiger charge is -2.28. The molecule has 35 heteroatoms. The highest BCUT2D eigenvalue weighted by Gasteiger charge is 2.38. The molecule has 0 aliphatic carbocycles. The van der Waals surface area contributed by atoms with Crippen molar-refractivity contribution in [3.63, 3.8) is 0 Å². The van der Waals surface area contributed by atoms with Gasteiger partial charge in [-0.1, -0.05) is 171 Å². The van der Waals surface area contributed by atoms with Crippen molar-refractivity contribution in [1.82, 2.24) is 74.1 Å². The number of para-hydroxylation sites is 1. The van der Waals surface area contributed by atoms with Crippen LogP contribution in [0.15, 0.2) is 121 Å². The van der Waals surface area contributed by atoms with Crippen LogP contribution in [0.5, 0.6) is 0 Å². The number of aliphatic hydroxyl groups is 1. The summed E-state index contributed by atoms with van der Waals surface area (Å²) >= 11 is 0. The predicted molar refractivity (Wildman–Crippen MR) is 445 cm³/mol. The first-order chi connectivity index (χ1) is 56.1. The van der Waals surface area contributed by atoms with Crippen molar-refractivity contribution in [1.29, 1.82) is 5.41 Å². The van der Waals surface area contributed by atoms with Crippen molar-refractivity contribution in [3.05, 3.63) is 144 Å². The lowest BCUT2D eigenvalue weighted by Crippen LogP contribution is -2.61. The number of unbranched alkanes of at least 4 members (excludes halogenated alkanes) is 1. The van der Waals surface area contributed by atoms with Crippen LogP contribution in [0.1, 0.15) is 142 Å². The minimum atomic E-state index is -1.82. The summed E-state index contributed by atoms with van der Waals surface area (Å²) < 4.78 is 0. The van der Waals surface area contributed by atoms with E-state index in [0.29, 0.717) is 40.4 Å². The Labute approximate surface area is 688 Å². The number of amides is 14. The molecule has 118 heavy (non-hydrogen) atoms. The fraction of sp³-hybridized carbons (Fsp3) is 0.506. The van der Waals surface area contributed by atoms with Gasteiger partial charge >= 0.3 is 0 Å². The molecule has 0 bridgehead atoms. The maximum absolute atomic E-state index is 15.1. The molecule has 26 N–H and O–H groups in total. The van der Waals surface area contributed by atoms with Gasteiger partial charge < -0.3 is 108 Å². The van der Waals surface area contributed by atoms with Gasteiger partial charge in [-0.25, -0.2) is 0 Å². The van der Waals surface area contributed by atoms with Crippen LogP contribution in [0.25, 0.3) is 10.9 Å². The topological polar surface area (TPSA) is 585 Å². The summed E-state index contributed by atoms with van der Waals surface area (Å²) in [5.74, 6) is -13.6. The van der Waals surface area contributed by atoms with Gasteiger partial charge in [0.2, 0.25) is 82.7 Å². The molecule has 5 rings (SSSR count). The highest BCUT2D eigenvalue weighted by Crippen LogP contribution is 2.21. The van der Waals surface area contributed by atoms with Crippen LogP contribution in [-0.4, -0.2) is 197 Å². The zero-order valence-electron chi connectivity index (χ0n) is 68.6. The normalized spacial score (nSPS) is 14.6. The summed E-state index contributed by atoms with van der Waals surface area (Å²) in [4.78, 5) is 201. The third-order valence-electron chi connectivity index (χ3n) is 19.7. The van der Waals surface area contributed by atoms with Gasteiger partial charge in [-0.2, -0.15) is 0 Å². The Kier molecular flexibility index (Phi) is 40.9. The molecular weight excluding hydrogens is 1520 g/mol. The van der Waals surface area contributed by atoms with Crippen molar-refractivity contribution in [2.45, 2.75) is 218 Å². The first-order valence-electron chi connectivity index (χ1n) is 40.1. The van der Waals surface area contributed by atoms with Gasteiger partial charge in [-0.3, -0.25) is 72.5 Å². The Morgan fingerprint density at radius 1 is 0.432 bits per heavy atom. The van der Waals surface area contributed by atoms with E-state index in [-0.39, 0.29) is 102 Å². The summed E-state index contributed by atoms with van der Waals surface area (Å²) in [6.45, 7) is 12.6. The number of hydrogen-bond acceptors (Lipinski definition) is 18. The number of aliphatic hydroxyl groups excluding tert-OH is 1. The number of nitrogens with one attached hydrogen (secondary N) is 15. The summed E-state index contributed by atoms with van der Waals surface area (Å²) in [5.41, 5.74) is 31.9. The zero-order valence-corrected chi connectivity index (χ0v) is 68.6. The number of carbonyl (C=O) groups is 14. The molecule has 1 aromatic heterocycles. The number of guanidine groups is 1. The number of rotatable bonds is 52. The smallest absolute Gasteiger partial charge is 0.245 e. The second kappa shape index (κ2) is 49.9. The molecule has 4 aromatic carbocycles. The van der Waals surface area contributed by atoms with E-state index in [0.717, 1.165) is 5.56 Å². The lowest BCUT2D eigenvalue weighted by atomic mass is 9.96. The van der Waals surface area contributed by atoms with E-state index in [4.69, 9.17) is 34.1 Å². The standard InChI is InChI=1S/C83H122N20O15/c1-9-50(8)70(82(118)96-61(71(87)107)38-47(2)3)103-76(112)58(33-23-37-90-83(88)89)93-68(106)45-92-73(109)62(39-48(4)5)97-77(113)63(41-52-26-15-11-16-27-52)98-74(110)59(32-21-22-36-84)94-80(116)66(46-104)101-78(114)64(42-53-28-17-12-18-29-53)99-79(115)65(43-54-44-91-57-31-20-19-30-55(54)57)100-75(111)60(34-35-67(86)105)95-81(117)69(49(6)7)102-72(108)56(85)40-51-24-13-10-14-25-51/h10-20,24-31,44,47-50,56,58-66,69-70,91,104H,9,21-23,32-43,45-46,84-85H2,1-8H3,(H2,86,105)(H2,87,107)(H,92,109)(H,93,106)(H,94,116)(H,95,117)(H,96,118)(H,97,113)(H,98,110)(H,99,115)(H,100,111)(H,101,114)(H,102,108)(H,103,112)(H4,88,89,90)/t50-,56-,58-,59-,60-,61-,62-,63-,64-,65-,66-,69-,70-/m0/s1. The number of carbonyl (C=O) groups excluding carboxylic acids is 14. The average Bonchev–Trinajstić information content (AvgIpc) is 1.63. The number of benzene rings is 4. The second-order valence-electron chi connectivity index (χ2n) is 30.8. The molecule has 0 radical (unpaired) electrons. The number of hydrogen-bond donors (Lipinski definition) is 21. The molecule has 5 aromatic rings. The van der Waals surface area contributed by atoms with Gasteiger partial charge in [0.1, 0.15) is 66.5 Å². The SMILES string of the molecule is CC[C@H](C)[C@H](NC(=O)[C@H](CCCNC(=N)N)NC(=O)CNC(=O)[C@H](CC(C)C)NC(=O)[C@H](Cc1ccccc1)NC(=O)[C@H](CCCCN)NC(=O)[C@H](CO)NC(=O)[C@H](Cc1ccccc1)NC(=O)[C@H](Cc1c[nH]c2ccccc12)NC(=O)[C@H](CCC(N)=O)NC(=O)[C@@H](NC(=O)[C@@H](N)Cc1ccccc1)C(C)C)C(=O)N[C@@H](CC(C)C)C(N)=O. The van der Waals surface area contributed by atoms with Crippen LogP contribution in [0, 0.1) is 29.1 Å². The van der Waals surface area contributed by atoms with Gasteiger partial charge in [0.25, 0.3) is 0 Å². The van der Waals surface area contributed by atoms with Gasteiger partial charge in [-0.05, 0) is 116 Å². The van der Waals surface area contributed by atoms with E-state index >= 15 is 4.79 Å². The fourth-order valence-corrected chi connectivity index (χ4v) is 13.0. The van der Waals surface area contributed by atoms with E-state index in [2.05, 4.69) is 74.1 Å². The number of primary amides is 2. The zero-order chi connectivity index (χ0) is 87.1. The monoisotopic (exact) mass is 1640 g/mol. The van der Waals surface area contributed by atoms with E-state index in [9.17, 15) is 67.4 Å². The Balaban J connectivity index is 1.39. The molecule has 35 nitrogen and oxygen atoms in total. The molecule has 0 spiro atoms. The van der Waals surface area contributed by atoms with Gasteiger partial charge in [0.05, 0.1) is 19.2 Å². The molecule has 13 atom stereocenters. The van der Waals surface area contributed by atoms with E-state index in [1.807, 2.05) is 19.9 Å². The Hall–Kier alpha value is -11.8. The highest BCUT2D eigenvalue weighted by molar-refractivity contribution is 6.00. The van der Waals surface area contributed by atoms with Gasteiger partial charge in [-0.15, -0.1) is 0 Å². The molecule has 644 valence electrons. The number of aromatic amines is 1. The maximum atomic E-state index is 15.1. The molecule has 0 aliphatic rings. The van der Waals surface area contributed by atoms with Gasteiger partial charge in [0, 0.05) is 49.3 Å². The van der Waals surface area contributed by atoms with Crippen molar-refractivity contribution in [3.8, 4) is 0 Å². The molecule has 0 unspecified atom stereocenters. The Bertz CT molecular complexity index is 4150. The predicted octanol–water partition coefficient (Wildman–Crippen LogP) is -0.856. The number of fused-ring (bicyclic) bond motifs is 1. The third kappa shape index (κ3) is 33.4. The van der Waals surface area contributed by atoms with E-state index < -0.39 is 187 Å².